The molecule has 35 heavy (non-hydrogen) atoms. The molecule has 3 saturated carbocycles. The zero-order valence-electron chi connectivity index (χ0n) is 20.9. The van der Waals surface area contributed by atoms with Crippen molar-refractivity contribution in [2.24, 2.45) is 28.6 Å². The van der Waals surface area contributed by atoms with E-state index in [0.717, 1.165) is 31.1 Å². The van der Waals surface area contributed by atoms with E-state index in [4.69, 9.17) is 13.7 Å². The van der Waals surface area contributed by atoms with Gasteiger partial charge in [0.1, 0.15) is 6.61 Å². The van der Waals surface area contributed by atoms with Gasteiger partial charge in [0, 0.05) is 16.7 Å². The van der Waals surface area contributed by atoms with Crippen LogP contribution in [0.15, 0.2) is 23.8 Å². The molecule has 1 heterocycles. The van der Waals surface area contributed by atoms with Crippen LogP contribution in [0.3, 0.4) is 0 Å². The number of carbonyl (C=O) groups is 2. The number of carbonyl (C=O) groups excluding carboxylic acids is 2. The maximum Gasteiger partial charge on any atom is 0.264 e. The minimum atomic E-state index is -3.82. The van der Waals surface area contributed by atoms with Crippen molar-refractivity contribution in [2.45, 2.75) is 83.4 Å². The standard InChI is InChI=1S/C26H36O8S/c1-5-6-22-33-21-12-18-17-8-7-15-11-16(27)9-10-24(15,2)23(17)19(28)13-25(18,3)26(21,34-22)20(29)14-32-35(4,30)31/h9-11,17-19,21-23,28H,5-8,12-14H2,1-4H3/t17-,18-,19-,21+,22-,23+,24-,25-,26+/m0/s1. The van der Waals surface area contributed by atoms with Crippen molar-refractivity contribution in [2.75, 3.05) is 12.9 Å². The number of hydrogen-bond acceptors (Lipinski definition) is 8. The van der Waals surface area contributed by atoms with Gasteiger partial charge in [-0.05, 0) is 56.1 Å². The van der Waals surface area contributed by atoms with Gasteiger partial charge in [0.05, 0.1) is 18.5 Å². The van der Waals surface area contributed by atoms with Crippen LogP contribution in [0.25, 0.3) is 0 Å². The second-order valence-corrected chi connectivity index (χ2v) is 13.2. The normalized spacial score (nSPS) is 46.4. The quantitative estimate of drug-likeness (QED) is 0.545. The monoisotopic (exact) mass is 508 g/mol. The molecule has 4 fully saturated rings. The average molecular weight is 509 g/mol. The fraction of sp³-hybridized carbons (Fsp3) is 0.769. The Morgan fingerprint density at radius 1 is 1.31 bits per heavy atom. The predicted molar refractivity (Wildman–Crippen MR) is 127 cm³/mol. The van der Waals surface area contributed by atoms with Gasteiger partial charge in [-0.25, -0.2) is 0 Å². The minimum absolute atomic E-state index is 0.0133. The van der Waals surface area contributed by atoms with Crippen LogP contribution in [0.1, 0.15) is 59.3 Å². The van der Waals surface area contributed by atoms with Gasteiger partial charge in [-0.3, -0.25) is 13.8 Å². The fourth-order valence-electron chi connectivity index (χ4n) is 8.27. The number of ketones is 2. The number of Topliss-reactive ketones (excluding diaryl/α,β-unsaturated/α-hetero) is 1. The zero-order valence-corrected chi connectivity index (χ0v) is 21.7. The molecular formula is C26H36O8S. The Kier molecular flexibility index (Phi) is 6.00. The summed E-state index contributed by atoms with van der Waals surface area (Å²) >= 11 is 0. The van der Waals surface area contributed by atoms with Crippen molar-refractivity contribution >= 4 is 21.7 Å². The summed E-state index contributed by atoms with van der Waals surface area (Å²) in [5, 5.41) is 11.7. The Morgan fingerprint density at radius 3 is 2.74 bits per heavy atom. The van der Waals surface area contributed by atoms with E-state index < -0.39 is 57.4 Å². The van der Waals surface area contributed by atoms with E-state index >= 15 is 0 Å². The van der Waals surface area contributed by atoms with Crippen molar-refractivity contribution in [3.63, 3.8) is 0 Å². The molecule has 1 saturated heterocycles. The van der Waals surface area contributed by atoms with Crippen molar-refractivity contribution in [3.8, 4) is 0 Å². The molecule has 0 aromatic heterocycles. The van der Waals surface area contributed by atoms with Crippen molar-refractivity contribution in [3.05, 3.63) is 23.8 Å². The van der Waals surface area contributed by atoms with Crippen LogP contribution in [-0.2, 0) is 33.4 Å². The summed E-state index contributed by atoms with van der Waals surface area (Å²) in [4.78, 5) is 25.8. The van der Waals surface area contributed by atoms with Gasteiger partial charge in [-0.15, -0.1) is 0 Å². The van der Waals surface area contributed by atoms with E-state index in [2.05, 4.69) is 6.92 Å². The van der Waals surface area contributed by atoms with E-state index in [9.17, 15) is 23.1 Å². The van der Waals surface area contributed by atoms with Crippen LogP contribution in [-0.4, -0.2) is 62.1 Å². The third-order valence-corrected chi connectivity index (χ3v) is 10.2. The second kappa shape index (κ2) is 8.31. The van der Waals surface area contributed by atoms with Gasteiger partial charge in [-0.1, -0.05) is 38.8 Å². The van der Waals surface area contributed by atoms with Gasteiger partial charge < -0.3 is 14.6 Å². The zero-order chi connectivity index (χ0) is 25.4. The molecule has 8 nitrogen and oxygen atoms in total. The molecule has 9 atom stereocenters. The molecular weight excluding hydrogens is 472 g/mol. The molecule has 1 N–H and O–H groups in total. The Morgan fingerprint density at radius 2 is 2.06 bits per heavy atom. The lowest BCUT2D eigenvalue weighted by Gasteiger charge is -2.59. The van der Waals surface area contributed by atoms with E-state index in [1.54, 1.807) is 12.2 Å². The number of aliphatic hydroxyl groups excluding tert-OH is 1. The highest BCUT2D eigenvalue weighted by atomic mass is 32.2. The van der Waals surface area contributed by atoms with Crippen LogP contribution in [0, 0.1) is 28.6 Å². The minimum Gasteiger partial charge on any atom is -0.393 e. The number of hydrogen-bond donors (Lipinski definition) is 1. The molecule has 5 rings (SSSR count). The van der Waals surface area contributed by atoms with Gasteiger partial charge in [-0.2, -0.15) is 8.42 Å². The molecule has 0 unspecified atom stereocenters. The maximum absolute atomic E-state index is 13.8. The summed E-state index contributed by atoms with van der Waals surface area (Å²) in [6, 6.07) is 0. The number of fused-ring (bicyclic) bond motifs is 7. The summed E-state index contributed by atoms with van der Waals surface area (Å²) in [6.45, 7) is 5.50. The maximum atomic E-state index is 13.8. The Labute approximate surface area is 207 Å². The number of ether oxygens (including phenoxy) is 2. The third kappa shape index (κ3) is 3.64. The lowest BCUT2D eigenvalue weighted by atomic mass is 9.46. The first-order chi connectivity index (χ1) is 16.4. The molecule has 4 aliphatic carbocycles. The van der Waals surface area contributed by atoms with Crippen LogP contribution in [0.5, 0.6) is 0 Å². The first-order valence-corrected chi connectivity index (χ1v) is 14.5. The van der Waals surface area contributed by atoms with Crippen LogP contribution in [0.4, 0.5) is 0 Å². The highest BCUT2D eigenvalue weighted by Crippen LogP contribution is 2.69. The highest BCUT2D eigenvalue weighted by molar-refractivity contribution is 7.86. The van der Waals surface area contributed by atoms with Gasteiger partial charge in [0.2, 0.25) is 0 Å². The first kappa shape index (κ1) is 25.3. The number of rotatable bonds is 6. The highest BCUT2D eigenvalue weighted by Gasteiger charge is 2.75. The Bertz CT molecular complexity index is 1090. The molecule has 0 spiro atoms. The topological polar surface area (TPSA) is 116 Å². The lowest BCUT2D eigenvalue weighted by Crippen LogP contribution is -2.63. The molecule has 0 aromatic rings. The third-order valence-electron chi connectivity index (χ3n) is 9.63. The average Bonchev–Trinajstić information content (AvgIpc) is 3.24. The Balaban J connectivity index is 1.53. The van der Waals surface area contributed by atoms with E-state index in [0.29, 0.717) is 19.3 Å². The van der Waals surface area contributed by atoms with Crippen molar-refractivity contribution < 1.29 is 36.8 Å². The lowest BCUT2D eigenvalue weighted by molar-refractivity contribution is -0.200. The molecule has 0 amide bonds. The molecule has 0 bridgehead atoms. The van der Waals surface area contributed by atoms with Gasteiger partial charge in [0.25, 0.3) is 10.1 Å². The molecule has 0 radical (unpaired) electrons. The SMILES string of the molecule is CCC[C@H]1O[C@@H]2C[C@H]3[C@@H]4CCC5=CC(=O)C=C[C@]5(C)[C@H]4[C@@H](O)C[C@]3(C)[C@]2(C(=O)COS(C)(=O)=O)O1. The smallest absolute Gasteiger partial charge is 0.264 e. The van der Waals surface area contributed by atoms with Crippen molar-refractivity contribution in [1.82, 2.24) is 0 Å². The summed E-state index contributed by atoms with van der Waals surface area (Å²) in [6.07, 6.45) is 8.33. The second-order valence-electron chi connectivity index (χ2n) is 11.5. The van der Waals surface area contributed by atoms with E-state index in [1.807, 2.05) is 19.9 Å². The number of aliphatic hydroxyl groups is 1. The molecule has 0 aromatic carbocycles. The van der Waals surface area contributed by atoms with Crippen molar-refractivity contribution in [1.29, 1.82) is 0 Å². The van der Waals surface area contributed by atoms with Crippen LogP contribution >= 0.6 is 0 Å². The number of allylic oxidation sites excluding steroid dienone is 4. The fourth-order valence-corrected chi connectivity index (χ4v) is 8.59. The molecule has 9 heteroatoms. The van der Waals surface area contributed by atoms with Crippen LogP contribution in [0.2, 0.25) is 0 Å². The van der Waals surface area contributed by atoms with E-state index in [1.165, 1.54) is 0 Å². The van der Waals surface area contributed by atoms with Gasteiger partial charge in [0.15, 0.2) is 23.5 Å². The summed E-state index contributed by atoms with van der Waals surface area (Å²) in [5.74, 6) is -0.398. The summed E-state index contributed by atoms with van der Waals surface area (Å²) in [7, 11) is -3.82. The Hall–Kier alpha value is -1.39. The van der Waals surface area contributed by atoms with Gasteiger partial charge >= 0.3 is 0 Å². The molecule has 1 aliphatic heterocycles. The molecule has 5 aliphatic rings. The summed E-state index contributed by atoms with van der Waals surface area (Å²) < 4.78 is 41.1. The molecule has 194 valence electrons. The predicted octanol–water partition coefficient (Wildman–Crippen LogP) is 2.70. The summed E-state index contributed by atoms with van der Waals surface area (Å²) in [5.41, 5.74) is -1.47. The first-order valence-electron chi connectivity index (χ1n) is 12.7. The van der Waals surface area contributed by atoms with Crippen LogP contribution < -0.4 is 0 Å². The largest absolute Gasteiger partial charge is 0.393 e. The van der Waals surface area contributed by atoms with E-state index in [-0.39, 0.29) is 23.5 Å².